The SMILES string of the molecule is CCO[Si](OCC)(OCC)OC(=O)CN. The van der Waals surface area contributed by atoms with Gasteiger partial charge in [-0.3, -0.25) is 4.79 Å². The minimum atomic E-state index is -3.31. The standard InChI is InChI=1S/C8H19NO5Si/c1-4-11-15(12-5-2,13-6-3)14-8(10)7-9/h4-7,9H2,1-3H3. The van der Waals surface area contributed by atoms with Gasteiger partial charge in [0.1, 0.15) is 0 Å². The monoisotopic (exact) mass is 237 g/mol. The van der Waals surface area contributed by atoms with Crippen molar-refractivity contribution >= 4 is 15.0 Å². The molecule has 0 aliphatic heterocycles. The molecule has 0 atom stereocenters. The minimum absolute atomic E-state index is 0.220. The van der Waals surface area contributed by atoms with Gasteiger partial charge in [-0.05, 0) is 20.8 Å². The van der Waals surface area contributed by atoms with Gasteiger partial charge in [0.05, 0.1) is 6.54 Å². The second kappa shape index (κ2) is 7.77. The molecular formula is C8H19NO5Si. The molecule has 0 radical (unpaired) electrons. The van der Waals surface area contributed by atoms with Crippen molar-refractivity contribution in [3.63, 3.8) is 0 Å². The van der Waals surface area contributed by atoms with E-state index in [1.54, 1.807) is 20.8 Å². The normalized spacial score (nSPS) is 11.5. The zero-order chi connectivity index (χ0) is 11.7. The first-order valence-corrected chi connectivity index (χ1v) is 6.61. The van der Waals surface area contributed by atoms with Crippen molar-refractivity contribution in [3.05, 3.63) is 0 Å². The summed E-state index contributed by atoms with van der Waals surface area (Å²) in [5.74, 6) is -0.586. The molecule has 0 spiro atoms. The maximum absolute atomic E-state index is 11.1. The Morgan fingerprint density at radius 3 is 1.73 bits per heavy atom. The molecule has 0 saturated heterocycles. The van der Waals surface area contributed by atoms with Gasteiger partial charge in [0.2, 0.25) is 0 Å². The summed E-state index contributed by atoms with van der Waals surface area (Å²) < 4.78 is 20.9. The van der Waals surface area contributed by atoms with E-state index in [9.17, 15) is 4.79 Å². The molecule has 90 valence electrons. The van der Waals surface area contributed by atoms with E-state index in [1.807, 2.05) is 0 Å². The molecule has 0 aromatic carbocycles. The lowest BCUT2D eigenvalue weighted by molar-refractivity contribution is -0.142. The quantitative estimate of drug-likeness (QED) is 0.600. The first-order valence-electron chi connectivity index (χ1n) is 4.97. The number of nitrogens with two attached hydrogens (primary N) is 1. The van der Waals surface area contributed by atoms with Crippen LogP contribution in [0.25, 0.3) is 0 Å². The molecule has 0 heterocycles. The molecule has 0 bridgehead atoms. The summed E-state index contributed by atoms with van der Waals surface area (Å²) in [6.07, 6.45) is 0. The third-order valence-corrected chi connectivity index (χ3v) is 3.77. The van der Waals surface area contributed by atoms with Crippen molar-refractivity contribution in [1.82, 2.24) is 0 Å². The van der Waals surface area contributed by atoms with E-state index < -0.39 is 15.0 Å². The van der Waals surface area contributed by atoms with Crippen LogP contribution in [0.4, 0.5) is 0 Å². The highest BCUT2D eigenvalue weighted by molar-refractivity contribution is 6.55. The van der Waals surface area contributed by atoms with Gasteiger partial charge in [0, 0.05) is 19.8 Å². The van der Waals surface area contributed by atoms with E-state index in [0.29, 0.717) is 19.8 Å². The Bertz CT molecular complexity index is 173. The minimum Gasteiger partial charge on any atom is -0.451 e. The van der Waals surface area contributed by atoms with E-state index in [1.165, 1.54) is 0 Å². The van der Waals surface area contributed by atoms with Crippen molar-refractivity contribution in [3.8, 4) is 0 Å². The molecule has 0 aliphatic carbocycles. The largest absolute Gasteiger partial charge is 0.751 e. The summed E-state index contributed by atoms with van der Waals surface area (Å²) in [7, 11) is -3.31. The second-order valence-corrected chi connectivity index (χ2v) is 4.55. The maximum atomic E-state index is 11.1. The predicted molar refractivity (Wildman–Crippen MR) is 55.8 cm³/mol. The Morgan fingerprint density at radius 2 is 1.47 bits per heavy atom. The zero-order valence-electron chi connectivity index (χ0n) is 9.45. The van der Waals surface area contributed by atoms with E-state index in [-0.39, 0.29) is 6.54 Å². The molecule has 0 aliphatic rings. The summed E-state index contributed by atoms with van der Waals surface area (Å²) in [4.78, 5) is 11.1. The average molecular weight is 237 g/mol. The van der Waals surface area contributed by atoms with Gasteiger partial charge in [0.25, 0.3) is 0 Å². The molecule has 0 amide bonds. The zero-order valence-corrected chi connectivity index (χ0v) is 10.4. The van der Waals surface area contributed by atoms with Crippen molar-refractivity contribution in [2.45, 2.75) is 20.8 Å². The van der Waals surface area contributed by atoms with Crippen LogP contribution in [0.1, 0.15) is 20.8 Å². The molecule has 0 aromatic rings. The van der Waals surface area contributed by atoms with Crippen LogP contribution >= 0.6 is 0 Å². The van der Waals surface area contributed by atoms with Gasteiger partial charge >= 0.3 is 15.0 Å². The van der Waals surface area contributed by atoms with Crippen molar-refractivity contribution in [1.29, 1.82) is 0 Å². The molecular weight excluding hydrogens is 218 g/mol. The molecule has 6 nitrogen and oxygen atoms in total. The van der Waals surface area contributed by atoms with Crippen LogP contribution < -0.4 is 5.73 Å². The highest BCUT2D eigenvalue weighted by Crippen LogP contribution is 2.11. The summed E-state index contributed by atoms with van der Waals surface area (Å²) in [5.41, 5.74) is 5.15. The average Bonchev–Trinajstić information content (AvgIpc) is 2.18. The number of hydrogen-bond acceptors (Lipinski definition) is 6. The Labute approximate surface area is 91.1 Å². The van der Waals surface area contributed by atoms with Crippen LogP contribution in [-0.4, -0.2) is 41.4 Å². The Hall–Kier alpha value is -0.473. The van der Waals surface area contributed by atoms with Gasteiger partial charge in [0.15, 0.2) is 0 Å². The molecule has 0 fully saturated rings. The van der Waals surface area contributed by atoms with Crippen LogP contribution in [0.2, 0.25) is 0 Å². The van der Waals surface area contributed by atoms with Gasteiger partial charge in [-0.2, -0.15) is 0 Å². The Morgan fingerprint density at radius 1 is 1.07 bits per heavy atom. The fourth-order valence-corrected chi connectivity index (χ4v) is 2.77. The van der Waals surface area contributed by atoms with Gasteiger partial charge in [-0.1, -0.05) is 0 Å². The molecule has 2 N–H and O–H groups in total. The van der Waals surface area contributed by atoms with Crippen molar-refractivity contribution < 1.29 is 22.5 Å². The molecule has 0 unspecified atom stereocenters. The Kier molecular flexibility index (Phi) is 7.53. The van der Waals surface area contributed by atoms with E-state index >= 15 is 0 Å². The molecule has 15 heavy (non-hydrogen) atoms. The molecule has 7 heteroatoms. The lowest BCUT2D eigenvalue weighted by atomic mass is 10.7. The molecule has 0 saturated carbocycles. The van der Waals surface area contributed by atoms with Crippen LogP contribution in [-0.2, 0) is 22.5 Å². The van der Waals surface area contributed by atoms with Crippen LogP contribution in [0.3, 0.4) is 0 Å². The summed E-state index contributed by atoms with van der Waals surface area (Å²) >= 11 is 0. The first-order chi connectivity index (χ1) is 7.14. The van der Waals surface area contributed by atoms with Gasteiger partial charge in [-0.25, -0.2) is 0 Å². The van der Waals surface area contributed by atoms with Crippen LogP contribution in [0.5, 0.6) is 0 Å². The van der Waals surface area contributed by atoms with Crippen LogP contribution in [0, 0.1) is 0 Å². The van der Waals surface area contributed by atoms with E-state index in [0.717, 1.165) is 0 Å². The second-order valence-electron chi connectivity index (χ2n) is 2.48. The third-order valence-electron chi connectivity index (χ3n) is 1.37. The summed E-state index contributed by atoms with van der Waals surface area (Å²) in [6, 6.07) is 0. The van der Waals surface area contributed by atoms with E-state index in [4.69, 9.17) is 23.4 Å². The molecule has 0 rings (SSSR count). The fraction of sp³-hybridized carbons (Fsp3) is 0.875. The van der Waals surface area contributed by atoms with Gasteiger partial charge < -0.3 is 23.4 Å². The highest BCUT2D eigenvalue weighted by atomic mass is 28.4. The van der Waals surface area contributed by atoms with Crippen molar-refractivity contribution in [2.75, 3.05) is 26.4 Å². The van der Waals surface area contributed by atoms with Gasteiger partial charge in [-0.15, -0.1) is 0 Å². The lowest BCUT2D eigenvalue weighted by Gasteiger charge is -2.25. The van der Waals surface area contributed by atoms with Crippen LogP contribution in [0.15, 0.2) is 0 Å². The molecule has 0 aromatic heterocycles. The summed E-state index contributed by atoms with van der Waals surface area (Å²) in [5, 5.41) is 0. The smallest absolute Gasteiger partial charge is 0.451 e. The van der Waals surface area contributed by atoms with Crippen molar-refractivity contribution in [2.24, 2.45) is 5.73 Å². The first kappa shape index (κ1) is 14.5. The predicted octanol–water partition coefficient (Wildman–Crippen LogP) is 0.0334. The summed E-state index contributed by atoms with van der Waals surface area (Å²) in [6.45, 7) is 6.16. The maximum Gasteiger partial charge on any atom is 0.751 e. The Balaban J connectivity index is 4.51. The highest BCUT2D eigenvalue weighted by Gasteiger charge is 2.49. The fourth-order valence-electron chi connectivity index (χ4n) is 0.925. The van der Waals surface area contributed by atoms with E-state index in [2.05, 4.69) is 0 Å². The number of carbonyl (C=O) groups excluding carboxylic acids is 1. The lowest BCUT2D eigenvalue weighted by Crippen LogP contribution is -2.51. The third kappa shape index (κ3) is 5.24. The topological polar surface area (TPSA) is 80.0 Å². The number of rotatable bonds is 8. The number of carbonyl (C=O) groups is 1. The number of hydrogen-bond donors (Lipinski definition) is 1.